The van der Waals surface area contributed by atoms with Gasteiger partial charge in [-0.05, 0) is 17.8 Å². The number of hydrogen-bond acceptors (Lipinski definition) is 5. The largest absolute Gasteiger partial charge is 0.389 e. The molecule has 0 radical (unpaired) electrons. The van der Waals surface area contributed by atoms with Gasteiger partial charge >= 0.3 is 5.82 Å². The Balaban J connectivity index is 0.00000361. The van der Waals surface area contributed by atoms with Crippen molar-refractivity contribution in [2.75, 3.05) is 6.54 Å². The molecule has 1 unspecified atom stereocenters. The Labute approximate surface area is 123 Å². The molecule has 0 bridgehead atoms. The van der Waals surface area contributed by atoms with Gasteiger partial charge in [0.1, 0.15) is 6.54 Å². The maximum atomic E-state index is 11.9. The highest BCUT2D eigenvalue weighted by molar-refractivity contribution is 5.85. The van der Waals surface area contributed by atoms with Gasteiger partial charge in [0.2, 0.25) is 5.91 Å². The monoisotopic (exact) mass is 305 g/mol. The van der Waals surface area contributed by atoms with E-state index in [0.717, 1.165) is 0 Å². The Morgan fingerprint density at radius 3 is 2.65 bits per heavy atom. The van der Waals surface area contributed by atoms with Crippen molar-refractivity contribution in [1.29, 1.82) is 0 Å². The van der Waals surface area contributed by atoms with E-state index in [-0.39, 0.29) is 36.6 Å². The maximum Gasteiger partial charge on any atom is 0.389 e. The Hall–Kier alpha value is -1.67. The molecule has 114 valence electrons. The van der Waals surface area contributed by atoms with Crippen LogP contribution in [0.5, 0.6) is 0 Å². The first-order valence-electron chi connectivity index (χ1n) is 5.97. The van der Waals surface area contributed by atoms with Crippen molar-refractivity contribution >= 4 is 24.1 Å². The predicted molar refractivity (Wildman–Crippen MR) is 76.6 cm³/mol. The third kappa shape index (κ3) is 4.46. The molecule has 0 fully saturated rings. The highest BCUT2D eigenvalue weighted by Gasteiger charge is 2.28. The highest BCUT2D eigenvalue weighted by Crippen LogP contribution is 2.14. The number of nitrogens with two attached hydrogens (primary N) is 1. The minimum absolute atomic E-state index is 0. The van der Waals surface area contributed by atoms with Gasteiger partial charge in [-0.15, -0.1) is 12.4 Å². The van der Waals surface area contributed by atoms with Crippen LogP contribution in [0.2, 0.25) is 0 Å². The molecule has 0 saturated heterocycles. The van der Waals surface area contributed by atoms with E-state index in [1.165, 1.54) is 16.9 Å². The molecule has 1 amide bonds. The zero-order valence-electron chi connectivity index (χ0n) is 11.7. The van der Waals surface area contributed by atoms with Crippen LogP contribution in [0.15, 0.2) is 12.3 Å². The topological polar surface area (TPSA) is 116 Å². The highest BCUT2D eigenvalue weighted by atomic mass is 35.5. The molecule has 3 N–H and O–H groups in total. The third-order valence-corrected chi connectivity index (χ3v) is 3.24. The van der Waals surface area contributed by atoms with Gasteiger partial charge in [0.15, 0.2) is 0 Å². The van der Waals surface area contributed by atoms with Crippen molar-refractivity contribution in [3.05, 3.63) is 22.4 Å². The van der Waals surface area contributed by atoms with Gasteiger partial charge < -0.3 is 21.2 Å². The maximum absolute atomic E-state index is 11.9. The van der Waals surface area contributed by atoms with Gasteiger partial charge in [0, 0.05) is 6.54 Å². The number of hydrogen-bond donors (Lipinski definition) is 2. The van der Waals surface area contributed by atoms with Gasteiger partial charge in [0.25, 0.3) is 0 Å². The molecule has 20 heavy (non-hydrogen) atoms. The average molecular weight is 306 g/mol. The molecule has 9 heteroatoms. The number of nitrogens with zero attached hydrogens (tertiary/aromatic N) is 3. The van der Waals surface area contributed by atoms with Crippen LogP contribution in [0.25, 0.3) is 0 Å². The lowest BCUT2D eigenvalue weighted by atomic mass is 9.88. The molecule has 0 aliphatic heterocycles. The summed E-state index contributed by atoms with van der Waals surface area (Å²) in [5, 5.41) is 17.0. The summed E-state index contributed by atoms with van der Waals surface area (Å²) in [6, 6.07) is 1.25. The minimum atomic E-state index is -0.605. The Morgan fingerprint density at radius 2 is 2.25 bits per heavy atom. The second-order valence-corrected chi connectivity index (χ2v) is 4.95. The number of halogens is 1. The summed E-state index contributed by atoms with van der Waals surface area (Å²) in [5.74, 6) is -0.383. The van der Waals surface area contributed by atoms with Gasteiger partial charge in [-0.3, -0.25) is 4.79 Å². The van der Waals surface area contributed by atoms with Crippen molar-refractivity contribution in [2.24, 2.45) is 11.7 Å². The van der Waals surface area contributed by atoms with Crippen LogP contribution < -0.4 is 11.1 Å². The van der Waals surface area contributed by atoms with Crippen molar-refractivity contribution in [1.82, 2.24) is 15.1 Å². The van der Waals surface area contributed by atoms with Crippen LogP contribution in [0.4, 0.5) is 5.82 Å². The van der Waals surface area contributed by atoms with Crippen molar-refractivity contribution in [2.45, 2.75) is 32.9 Å². The summed E-state index contributed by atoms with van der Waals surface area (Å²) in [7, 11) is 0. The molecule has 1 aromatic rings. The first-order chi connectivity index (χ1) is 8.78. The number of nitro groups is 1. The summed E-state index contributed by atoms with van der Waals surface area (Å²) in [4.78, 5) is 21.7. The molecule has 1 rings (SSSR count). The molecule has 1 aromatic heterocycles. The lowest BCUT2D eigenvalue weighted by Crippen LogP contribution is -2.55. The summed E-state index contributed by atoms with van der Waals surface area (Å²) in [5.41, 5.74) is 5.16. The minimum Gasteiger partial charge on any atom is -0.358 e. The molecule has 0 saturated carbocycles. The molecule has 0 aliphatic rings. The van der Waals surface area contributed by atoms with Gasteiger partial charge in [-0.25, -0.2) is 0 Å². The fraction of sp³-hybridized carbons (Fsp3) is 0.636. The zero-order chi connectivity index (χ0) is 14.6. The van der Waals surface area contributed by atoms with Crippen LogP contribution in [0.1, 0.15) is 20.8 Å². The Bertz CT molecular complexity index is 476. The van der Waals surface area contributed by atoms with Gasteiger partial charge in [0.05, 0.1) is 22.9 Å². The van der Waals surface area contributed by atoms with Crippen molar-refractivity contribution in [3.63, 3.8) is 0 Å². The van der Waals surface area contributed by atoms with Crippen molar-refractivity contribution in [3.8, 4) is 0 Å². The standard InChI is InChI=1S/C11H19N5O3.ClH/c1-8(2)11(3,7-12)13-10(17)6-15-5-4-9(14-15)16(18)19;/h4-5,8H,6-7,12H2,1-3H3,(H,13,17);1H. The first-order valence-corrected chi connectivity index (χ1v) is 5.97. The van der Waals surface area contributed by atoms with Crippen LogP contribution in [0.3, 0.4) is 0 Å². The molecular formula is C11H20ClN5O3. The number of amides is 1. The van der Waals surface area contributed by atoms with E-state index in [4.69, 9.17) is 5.73 Å². The lowest BCUT2D eigenvalue weighted by molar-refractivity contribution is -0.389. The molecular weight excluding hydrogens is 286 g/mol. The summed E-state index contributed by atoms with van der Waals surface area (Å²) < 4.78 is 1.23. The van der Waals surface area contributed by atoms with Crippen LogP contribution >= 0.6 is 12.4 Å². The molecule has 1 heterocycles. The quantitative estimate of drug-likeness (QED) is 0.593. The lowest BCUT2D eigenvalue weighted by Gasteiger charge is -2.33. The SMILES string of the molecule is CC(C)C(C)(CN)NC(=O)Cn1ccc([N+](=O)[O-])n1.Cl. The van der Waals surface area contributed by atoms with E-state index in [1.807, 2.05) is 20.8 Å². The smallest absolute Gasteiger partial charge is 0.358 e. The van der Waals surface area contributed by atoms with Crippen molar-refractivity contribution < 1.29 is 9.72 Å². The summed E-state index contributed by atoms with van der Waals surface area (Å²) in [6.45, 7) is 6.03. The number of carbonyl (C=O) groups is 1. The van der Waals surface area contributed by atoms with E-state index < -0.39 is 10.5 Å². The normalized spacial score (nSPS) is 13.4. The second-order valence-electron chi connectivity index (χ2n) is 4.95. The fourth-order valence-corrected chi connectivity index (χ4v) is 1.47. The Kier molecular flexibility index (Phi) is 6.60. The fourth-order valence-electron chi connectivity index (χ4n) is 1.47. The molecule has 8 nitrogen and oxygen atoms in total. The van der Waals surface area contributed by atoms with Crippen LogP contribution in [0, 0.1) is 16.0 Å². The first kappa shape index (κ1) is 18.3. The molecule has 0 spiro atoms. The second kappa shape index (κ2) is 7.20. The summed E-state index contributed by atoms with van der Waals surface area (Å²) >= 11 is 0. The number of aromatic nitrogens is 2. The predicted octanol–water partition coefficient (Wildman–Crippen LogP) is 0.703. The number of rotatable bonds is 6. The molecule has 0 aliphatic carbocycles. The van der Waals surface area contributed by atoms with E-state index >= 15 is 0 Å². The van der Waals surface area contributed by atoms with Gasteiger partial charge in [-0.1, -0.05) is 13.8 Å². The number of carbonyl (C=O) groups excluding carboxylic acids is 1. The van der Waals surface area contributed by atoms with Crippen LogP contribution in [-0.2, 0) is 11.3 Å². The van der Waals surface area contributed by atoms with Gasteiger partial charge in [-0.2, -0.15) is 4.68 Å². The van der Waals surface area contributed by atoms with E-state index in [0.29, 0.717) is 6.54 Å². The van der Waals surface area contributed by atoms with E-state index in [2.05, 4.69) is 10.4 Å². The molecule has 1 atom stereocenters. The Morgan fingerprint density at radius 1 is 1.65 bits per heavy atom. The van der Waals surface area contributed by atoms with Crippen LogP contribution in [-0.4, -0.2) is 32.7 Å². The van der Waals surface area contributed by atoms with E-state index in [9.17, 15) is 14.9 Å². The average Bonchev–Trinajstić information content (AvgIpc) is 2.76. The third-order valence-electron chi connectivity index (χ3n) is 3.24. The number of nitrogens with one attached hydrogen (secondary N) is 1. The summed E-state index contributed by atoms with van der Waals surface area (Å²) in [6.07, 6.45) is 1.40. The zero-order valence-corrected chi connectivity index (χ0v) is 12.5. The molecule has 0 aromatic carbocycles. The van der Waals surface area contributed by atoms with E-state index in [1.54, 1.807) is 0 Å².